The van der Waals surface area contributed by atoms with Crippen molar-refractivity contribution in [2.24, 2.45) is 0 Å². The first-order valence-corrected chi connectivity index (χ1v) is 7.64. The summed E-state index contributed by atoms with van der Waals surface area (Å²) in [5.74, 6) is -1.19. The second kappa shape index (κ2) is 5.71. The maximum absolute atomic E-state index is 12.3. The number of anilines is 1. The fraction of sp³-hybridized carbons (Fsp3) is 0.0769. The van der Waals surface area contributed by atoms with Gasteiger partial charge in [0.25, 0.3) is 10.0 Å². The van der Waals surface area contributed by atoms with Crippen LogP contribution >= 0.6 is 11.6 Å². The summed E-state index contributed by atoms with van der Waals surface area (Å²) in [6.07, 6.45) is 1.14. The zero-order valence-electron chi connectivity index (χ0n) is 10.9. The summed E-state index contributed by atoms with van der Waals surface area (Å²) in [6.45, 7) is 1.60. The molecule has 0 aliphatic heterocycles. The zero-order valence-corrected chi connectivity index (χ0v) is 12.4. The van der Waals surface area contributed by atoms with Gasteiger partial charge in [0, 0.05) is 5.02 Å². The largest absolute Gasteiger partial charge is 0.477 e. The van der Waals surface area contributed by atoms with Crippen LogP contribution in [0.15, 0.2) is 41.4 Å². The van der Waals surface area contributed by atoms with Crippen LogP contribution in [0.25, 0.3) is 0 Å². The van der Waals surface area contributed by atoms with Gasteiger partial charge in [0.2, 0.25) is 0 Å². The first-order valence-electron chi connectivity index (χ1n) is 5.78. The number of aromatic nitrogens is 1. The van der Waals surface area contributed by atoms with E-state index in [-0.39, 0.29) is 16.3 Å². The number of hydrogen-bond donors (Lipinski definition) is 2. The van der Waals surface area contributed by atoms with Crippen LogP contribution in [-0.4, -0.2) is 24.5 Å². The molecular weight excluding hydrogens is 316 g/mol. The predicted molar refractivity (Wildman–Crippen MR) is 78.2 cm³/mol. The number of aromatic carboxylic acids is 1. The molecule has 1 heterocycles. The van der Waals surface area contributed by atoms with E-state index in [0.717, 1.165) is 6.20 Å². The van der Waals surface area contributed by atoms with E-state index >= 15 is 0 Å². The number of nitrogens with zero attached hydrogens (tertiary/aromatic N) is 1. The Labute approximate surface area is 126 Å². The smallest absolute Gasteiger partial charge is 0.354 e. The Kier molecular flexibility index (Phi) is 4.15. The highest BCUT2D eigenvalue weighted by molar-refractivity contribution is 7.92. The Morgan fingerprint density at radius 3 is 2.57 bits per heavy atom. The molecule has 0 atom stereocenters. The number of benzene rings is 1. The van der Waals surface area contributed by atoms with Gasteiger partial charge in [-0.3, -0.25) is 4.72 Å². The van der Waals surface area contributed by atoms with Gasteiger partial charge in [-0.15, -0.1) is 0 Å². The maximum Gasteiger partial charge on any atom is 0.354 e. The third-order valence-corrected chi connectivity index (χ3v) is 4.68. The summed E-state index contributed by atoms with van der Waals surface area (Å²) in [4.78, 5) is 14.4. The van der Waals surface area contributed by atoms with E-state index < -0.39 is 16.0 Å². The Bertz CT molecular complexity index is 788. The average molecular weight is 327 g/mol. The van der Waals surface area contributed by atoms with Crippen LogP contribution in [0, 0.1) is 6.92 Å². The van der Waals surface area contributed by atoms with E-state index in [1.807, 2.05) is 0 Å². The molecule has 0 radical (unpaired) electrons. The number of nitrogens with one attached hydrogen (secondary N) is 1. The van der Waals surface area contributed by atoms with Crippen LogP contribution in [0.1, 0.15) is 16.1 Å². The molecular formula is C13H11ClN2O4S. The molecule has 0 aliphatic carbocycles. The number of sulfonamides is 1. The monoisotopic (exact) mass is 326 g/mol. The van der Waals surface area contributed by atoms with E-state index in [2.05, 4.69) is 9.71 Å². The first kappa shape index (κ1) is 15.3. The van der Waals surface area contributed by atoms with E-state index in [1.54, 1.807) is 13.0 Å². The maximum atomic E-state index is 12.3. The standard InChI is InChI=1S/C13H11ClN2O4S/c1-8-10(14)3-2-4-12(8)21(19,20)16-9-5-6-11(13(17)18)15-7-9/h2-7,16H,1H3,(H,17,18). The van der Waals surface area contributed by atoms with Gasteiger partial charge in [-0.1, -0.05) is 17.7 Å². The molecule has 0 aliphatic rings. The van der Waals surface area contributed by atoms with Crippen molar-refractivity contribution in [1.82, 2.24) is 4.98 Å². The molecule has 0 saturated carbocycles. The number of rotatable bonds is 4. The van der Waals surface area contributed by atoms with Crippen LogP contribution in [0.2, 0.25) is 5.02 Å². The molecule has 2 N–H and O–H groups in total. The molecule has 0 amide bonds. The highest BCUT2D eigenvalue weighted by atomic mass is 35.5. The summed E-state index contributed by atoms with van der Waals surface area (Å²) in [7, 11) is -3.82. The van der Waals surface area contributed by atoms with E-state index in [0.29, 0.717) is 10.6 Å². The lowest BCUT2D eigenvalue weighted by Gasteiger charge is -2.11. The molecule has 6 nitrogen and oxygen atoms in total. The van der Waals surface area contributed by atoms with Crippen LogP contribution in [0.4, 0.5) is 5.69 Å². The van der Waals surface area contributed by atoms with Crippen molar-refractivity contribution in [3.63, 3.8) is 0 Å². The van der Waals surface area contributed by atoms with Gasteiger partial charge >= 0.3 is 5.97 Å². The van der Waals surface area contributed by atoms with Gasteiger partial charge < -0.3 is 5.11 Å². The molecule has 0 saturated heterocycles. The fourth-order valence-corrected chi connectivity index (χ4v) is 3.21. The third-order valence-electron chi connectivity index (χ3n) is 2.74. The zero-order chi connectivity index (χ0) is 15.6. The fourth-order valence-electron chi connectivity index (χ4n) is 1.67. The van der Waals surface area contributed by atoms with E-state index in [9.17, 15) is 13.2 Å². The minimum Gasteiger partial charge on any atom is -0.477 e. The quantitative estimate of drug-likeness (QED) is 0.900. The van der Waals surface area contributed by atoms with Crippen molar-refractivity contribution < 1.29 is 18.3 Å². The van der Waals surface area contributed by atoms with Gasteiger partial charge in [-0.25, -0.2) is 18.2 Å². The Balaban J connectivity index is 2.33. The van der Waals surface area contributed by atoms with Crippen LogP contribution in [-0.2, 0) is 10.0 Å². The Morgan fingerprint density at radius 1 is 1.29 bits per heavy atom. The molecule has 0 unspecified atom stereocenters. The summed E-state index contributed by atoms with van der Waals surface area (Å²) in [6, 6.07) is 7.11. The van der Waals surface area contributed by atoms with Crippen molar-refractivity contribution in [2.75, 3.05) is 4.72 Å². The second-order valence-corrected chi connectivity index (χ2v) is 6.26. The summed E-state index contributed by atoms with van der Waals surface area (Å²) >= 11 is 5.91. The molecule has 1 aromatic heterocycles. The molecule has 0 bridgehead atoms. The highest BCUT2D eigenvalue weighted by Crippen LogP contribution is 2.24. The number of halogens is 1. The number of carboxylic acids is 1. The van der Waals surface area contributed by atoms with Crippen molar-refractivity contribution in [3.8, 4) is 0 Å². The Morgan fingerprint density at radius 2 is 2.00 bits per heavy atom. The minimum atomic E-state index is -3.82. The lowest BCUT2D eigenvalue weighted by Crippen LogP contribution is -2.14. The summed E-state index contributed by atoms with van der Waals surface area (Å²) in [5.41, 5.74) is 0.429. The molecule has 1 aromatic carbocycles. The van der Waals surface area contributed by atoms with Crippen molar-refractivity contribution in [2.45, 2.75) is 11.8 Å². The van der Waals surface area contributed by atoms with Crippen molar-refractivity contribution in [3.05, 3.63) is 52.8 Å². The van der Waals surface area contributed by atoms with Gasteiger partial charge in [-0.2, -0.15) is 0 Å². The van der Waals surface area contributed by atoms with Gasteiger partial charge in [0.1, 0.15) is 5.69 Å². The number of hydrogen-bond acceptors (Lipinski definition) is 4. The van der Waals surface area contributed by atoms with Crippen LogP contribution in [0.3, 0.4) is 0 Å². The van der Waals surface area contributed by atoms with Crippen LogP contribution in [0.5, 0.6) is 0 Å². The average Bonchev–Trinajstić information content (AvgIpc) is 2.41. The Hall–Kier alpha value is -2.12. The van der Waals surface area contributed by atoms with Gasteiger partial charge in [-0.05, 0) is 36.8 Å². The number of carbonyl (C=O) groups is 1. The predicted octanol–water partition coefficient (Wildman–Crippen LogP) is 2.54. The second-order valence-electron chi connectivity index (χ2n) is 4.21. The number of carboxylic acid groups (broad SMARTS) is 1. The lowest BCUT2D eigenvalue weighted by atomic mass is 10.2. The van der Waals surface area contributed by atoms with Crippen molar-refractivity contribution >= 4 is 33.3 Å². The third kappa shape index (κ3) is 3.32. The van der Waals surface area contributed by atoms with Gasteiger partial charge in [0.05, 0.1) is 16.8 Å². The van der Waals surface area contributed by atoms with E-state index in [4.69, 9.17) is 16.7 Å². The summed E-state index contributed by atoms with van der Waals surface area (Å²) < 4.78 is 26.9. The van der Waals surface area contributed by atoms with Gasteiger partial charge in [0.15, 0.2) is 0 Å². The topological polar surface area (TPSA) is 96.4 Å². The normalized spacial score (nSPS) is 11.1. The highest BCUT2D eigenvalue weighted by Gasteiger charge is 2.18. The lowest BCUT2D eigenvalue weighted by molar-refractivity contribution is 0.0690. The molecule has 2 rings (SSSR count). The molecule has 21 heavy (non-hydrogen) atoms. The number of pyridine rings is 1. The minimum absolute atomic E-state index is 0.0531. The molecule has 0 fully saturated rings. The van der Waals surface area contributed by atoms with E-state index in [1.165, 1.54) is 24.3 Å². The SMILES string of the molecule is Cc1c(Cl)cccc1S(=O)(=O)Nc1ccc(C(=O)O)nc1. The molecule has 8 heteroatoms. The molecule has 0 spiro atoms. The molecule has 110 valence electrons. The first-order chi connectivity index (χ1) is 9.81. The molecule has 2 aromatic rings. The van der Waals surface area contributed by atoms with Crippen LogP contribution < -0.4 is 4.72 Å². The van der Waals surface area contributed by atoms with Crippen molar-refractivity contribution in [1.29, 1.82) is 0 Å². The summed E-state index contributed by atoms with van der Waals surface area (Å²) in [5, 5.41) is 9.08.